The summed E-state index contributed by atoms with van der Waals surface area (Å²) >= 11 is 5.36. The zero-order valence-corrected chi connectivity index (χ0v) is 17.3. The summed E-state index contributed by atoms with van der Waals surface area (Å²) in [6.07, 6.45) is 1.82. The lowest BCUT2D eigenvalue weighted by atomic mass is 10.1. The second kappa shape index (κ2) is 10.1. The standard InChI is InChI=1S/C22H28N2O2S/c1-5-17-10-8-9-16(4)20(17)23-22(27)24-21(25)18-11-6-7-12-19(18)26-14-13-15(2)3/h6-12,15H,5,13-14H2,1-4H3,(H2,23,24,25,27). The van der Waals surface area contributed by atoms with Crippen LogP contribution in [0.4, 0.5) is 5.69 Å². The number of ether oxygens (including phenoxy) is 1. The van der Waals surface area contributed by atoms with Crippen molar-refractivity contribution in [2.75, 3.05) is 11.9 Å². The van der Waals surface area contributed by atoms with E-state index >= 15 is 0 Å². The zero-order valence-electron chi connectivity index (χ0n) is 16.5. The van der Waals surface area contributed by atoms with Gasteiger partial charge < -0.3 is 10.1 Å². The molecule has 0 fully saturated rings. The number of carbonyl (C=O) groups excluding carboxylic acids is 1. The Balaban J connectivity index is 2.06. The summed E-state index contributed by atoms with van der Waals surface area (Å²) in [5.41, 5.74) is 3.67. The van der Waals surface area contributed by atoms with Gasteiger partial charge in [0.15, 0.2) is 5.11 Å². The van der Waals surface area contributed by atoms with E-state index in [4.69, 9.17) is 17.0 Å². The Morgan fingerprint density at radius 3 is 2.59 bits per heavy atom. The highest BCUT2D eigenvalue weighted by atomic mass is 32.1. The van der Waals surface area contributed by atoms with Crippen LogP contribution in [0.15, 0.2) is 42.5 Å². The van der Waals surface area contributed by atoms with Gasteiger partial charge in [-0.15, -0.1) is 0 Å². The molecule has 0 saturated carbocycles. The highest BCUT2D eigenvalue weighted by Gasteiger charge is 2.15. The molecule has 0 aromatic heterocycles. The number of benzene rings is 2. The Labute approximate surface area is 167 Å². The van der Waals surface area contributed by atoms with Crippen molar-refractivity contribution in [2.24, 2.45) is 5.92 Å². The third-order valence-corrected chi connectivity index (χ3v) is 4.49. The molecule has 4 nitrogen and oxygen atoms in total. The predicted octanol–water partition coefficient (Wildman–Crippen LogP) is 5.11. The fourth-order valence-corrected chi connectivity index (χ4v) is 2.90. The fraction of sp³-hybridized carbons (Fsp3) is 0.364. The number of carbonyl (C=O) groups is 1. The van der Waals surface area contributed by atoms with Crippen molar-refractivity contribution in [3.63, 3.8) is 0 Å². The van der Waals surface area contributed by atoms with E-state index in [1.807, 2.05) is 37.3 Å². The maximum absolute atomic E-state index is 12.7. The van der Waals surface area contributed by atoms with E-state index in [0.29, 0.717) is 23.8 Å². The van der Waals surface area contributed by atoms with Crippen LogP contribution < -0.4 is 15.4 Å². The van der Waals surface area contributed by atoms with Gasteiger partial charge in [-0.2, -0.15) is 0 Å². The maximum Gasteiger partial charge on any atom is 0.261 e. The molecular weight excluding hydrogens is 356 g/mol. The third kappa shape index (κ3) is 6.07. The van der Waals surface area contributed by atoms with Crippen molar-refractivity contribution in [3.05, 3.63) is 59.2 Å². The van der Waals surface area contributed by atoms with E-state index < -0.39 is 0 Å². The topological polar surface area (TPSA) is 50.4 Å². The minimum absolute atomic E-state index is 0.278. The molecule has 2 rings (SSSR count). The highest BCUT2D eigenvalue weighted by Crippen LogP contribution is 2.22. The van der Waals surface area contributed by atoms with Crippen LogP contribution >= 0.6 is 12.2 Å². The molecule has 144 valence electrons. The monoisotopic (exact) mass is 384 g/mol. The van der Waals surface area contributed by atoms with Gasteiger partial charge >= 0.3 is 0 Å². The number of anilines is 1. The van der Waals surface area contributed by atoms with Gasteiger partial charge in [0.25, 0.3) is 5.91 Å². The van der Waals surface area contributed by atoms with Crippen LogP contribution in [-0.2, 0) is 6.42 Å². The number of hydrogen-bond acceptors (Lipinski definition) is 3. The van der Waals surface area contributed by atoms with Gasteiger partial charge in [-0.3, -0.25) is 10.1 Å². The second-order valence-corrected chi connectivity index (χ2v) is 7.31. The van der Waals surface area contributed by atoms with Gasteiger partial charge in [-0.1, -0.05) is 51.1 Å². The number of nitrogens with one attached hydrogen (secondary N) is 2. The number of amides is 1. The zero-order chi connectivity index (χ0) is 19.8. The molecular formula is C22H28N2O2S. The third-order valence-electron chi connectivity index (χ3n) is 4.29. The van der Waals surface area contributed by atoms with E-state index in [1.54, 1.807) is 6.07 Å². The van der Waals surface area contributed by atoms with Crippen LogP contribution in [0.2, 0.25) is 0 Å². The summed E-state index contributed by atoms with van der Waals surface area (Å²) in [5, 5.41) is 6.21. The Morgan fingerprint density at radius 2 is 1.89 bits per heavy atom. The summed E-state index contributed by atoms with van der Waals surface area (Å²) in [5.74, 6) is 0.840. The van der Waals surface area contributed by atoms with Gasteiger partial charge in [-0.25, -0.2) is 0 Å². The Kier molecular flexibility index (Phi) is 7.80. The van der Waals surface area contributed by atoms with Crippen molar-refractivity contribution in [2.45, 2.75) is 40.5 Å². The number of thiocarbonyl (C=S) groups is 1. The summed E-state index contributed by atoms with van der Waals surface area (Å²) in [6.45, 7) is 8.97. The van der Waals surface area contributed by atoms with Gasteiger partial charge in [-0.05, 0) is 61.2 Å². The van der Waals surface area contributed by atoms with Gasteiger partial charge in [0, 0.05) is 5.69 Å². The first-order chi connectivity index (χ1) is 12.9. The average Bonchev–Trinajstić information content (AvgIpc) is 2.63. The molecule has 0 aliphatic carbocycles. The van der Waals surface area contributed by atoms with Crippen molar-refractivity contribution in [1.82, 2.24) is 5.32 Å². The largest absolute Gasteiger partial charge is 0.493 e. The van der Waals surface area contributed by atoms with Gasteiger partial charge in [0.1, 0.15) is 5.75 Å². The minimum Gasteiger partial charge on any atom is -0.493 e. The highest BCUT2D eigenvalue weighted by molar-refractivity contribution is 7.80. The molecule has 0 heterocycles. The first-order valence-corrected chi connectivity index (χ1v) is 9.75. The van der Waals surface area contributed by atoms with E-state index in [1.165, 1.54) is 0 Å². The van der Waals surface area contributed by atoms with Gasteiger partial charge in [0.05, 0.1) is 12.2 Å². The lowest BCUT2D eigenvalue weighted by Crippen LogP contribution is -2.34. The van der Waals surface area contributed by atoms with E-state index in [0.717, 1.165) is 29.7 Å². The fourth-order valence-electron chi connectivity index (χ4n) is 2.70. The molecule has 1 amide bonds. The van der Waals surface area contributed by atoms with Crippen molar-refractivity contribution < 1.29 is 9.53 Å². The molecule has 0 bridgehead atoms. The van der Waals surface area contributed by atoms with Crippen molar-refractivity contribution in [1.29, 1.82) is 0 Å². The molecule has 0 radical (unpaired) electrons. The van der Waals surface area contributed by atoms with Crippen LogP contribution in [0.25, 0.3) is 0 Å². The first kappa shape index (κ1) is 20.9. The molecule has 0 aliphatic rings. The molecule has 2 N–H and O–H groups in total. The lowest BCUT2D eigenvalue weighted by Gasteiger charge is -2.16. The minimum atomic E-state index is -0.278. The maximum atomic E-state index is 12.7. The van der Waals surface area contributed by atoms with Crippen LogP contribution in [0.5, 0.6) is 5.75 Å². The quantitative estimate of drug-likeness (QED) is 0.652. The molecule has 0 atom stereocenters. The summed E-state index contributed by atoms with van der Waals surface area (Å²) in [6, 6.07) is 13.3. The molecule has 0 saturated heterocycles. The molecule has 27 heavy (non-hydrogen) atoms. The molecule has 0 aliphatic heterocycles. The molecule has 5 heteroatoms. The number of para-hydroxylation sites is 2. The Bertz CT molecular complexity index is 803. The first-order valence-electron chi connectivity index (χ1n) is 9.35. The number of rotatable bonds is 7. The van der Waals surface area contributed by atoms with E-state index in [9.17, 15) is 4.79 Å². The molecule has 2 aromatic rings. The van der Waals surface area contributed by atoms with E-state index in [2.05, 4.69) is 37.5 Å². The summed E-state index contributed by atoms with van der Waals surface area (Å²) < 4.78 is 5.80. The number of aryl methyl sites for hydroxylation is 2. The van der Waals surface area contributed by atoms with Crippen molar-refractivity contribution in [3.8, 4) is 5.75 Å². The normalized spacial score (nSPS) is 10.6. The average molecular weight is 385 g/mol. The van der Waals surface area contributed by atoms with Gasteiger partial charge in [0.2, 0.25) is 0 Å². The Morgan fingerprint density at radius 1 is 1.15 bits per heavy atom. The predicted molar refractivity (Wildman–Crippen MR) is 116 cm³/mol. The van der Waals surface area contributed by atoms with Crippen LogP contribution in [0.3, 0.4) is 0 Å². The van der Waals surface area contributed by atoms with Crippen LogP contribution in [-0.4, -0.2) is 17.6 Å². The van der Waals surface area contributed by atoms with Crippen LogP contribution in [0, 0.1) is 12.8 Å². The molecule has 0 unspecified atom stereocenters. The van der Waals surface area contributed by atoms with Crippen LogP contribution in [0.1, 0.15) is 48.7 Å². The summed E-state index contributed by atoms with van der Waals surface area (Å²) in [4.78, 5) is 12.7. The lowest BCUT2D eigenvalue weighted by molar-refractivity contribution is 0.0973. The molecule has 0 spiro atoms. The molecule has 2 aromatic carbocycles. The van der Waals surface area contributed by atoms with Crippen molar-refractivity contribution >= 4 is 28.9 Å². The number of hydrogen-bond donors (Lipinski definition) is 2. The second-order valence-electron chi connectivity index (χ2n) is 6.90. The van der Waals surface area contributed by atoms with E-state index in [-0.39, 0.29) is 11.0 Å². The SMILES string of the molecule is CCc1cccc(C)c1NC(=S)NC(=O)c1ccccc1OCCC(C)C. The Hall–Kier alpha value is -2.40. The summed E-state index contributed by atoms with van der Waals surface area (Å²) in [7, 11) is 0. The smallest absolute Gasteiger partial charge is 0.261 e.